The molecule has 0 aromatic rings. The van der Waals surface area contributed by atoms with Crippen molar-refractivity contribution in [3.8, 4) is 0 Å². The Labute approximate surface area is 105 Å². The zero-order chi connectivity index (χ0) is 13.3. The monoisotopic (exact) mass is 244 g/mol. The van der Waals surface area contributed by atoms with Crippen LogP contribution in [-0.2, 0) is 9.53 Å². The molecule has 0 aromatic heterocycles. The van der Waals surface area contributed by atoms with Crippen molar-refractivity contribution in [1.82, 2.24) is 10.6 Å². The molecule has 0 bridgehead atoms. The fraction of sp³-hybridized carbons (Fsp3) is 0.923. The molecule has 2 N–H and O–H groups in total. The summed E-state index contributed by atoms with van der Waals surface area (Å²) in [6.45, 7) is 9.67. The van der Waals surface area contributed by atoms with E-state index in [1.165, 1.54) is 0 Å². The molecular weight excluding hydrogens is 216 g/mol. The van der Waals surface area contributed by atoms with Crippen LogP contribution < -0.4 is 10.6 Å². The summed E-state index contributed by atoms with van der Waals surface area (Å²) >= 11 is 0. The van der Waals surface area contributed by atoms with Crippen molar-refractivity contribution >= 4 is 5.91 Å². The summed E-state index contributed by atoms with van der Waals surface area (Å²) < 4.78 is 5.05. The SMILES string of the molecule is CCCC(C)NC(=O)C(C)NCC(C)COC. The van der Waals surface area contributed by atoms with Gasteiger partial charge in [-0.2, -0.15) is 0 Å². The molecule has 4 heteroatoms. The van der Waals surface area contributed by atoms with Gasteiger partial charge in [0, 0.05) is 26.3 Å². The Balaban J connectivity index is 3.81. The fourth-order valence-electron chi connectivity index (χ4n) is 1.69. The molecule has 0 rings (SSSR count). The maximum Gasteiger partial charge on any atom is 0.237 e. The van der Waals surface area contributed by atoms with Gasteiger partial charge in [-0.05, 0) is 26.2 Å². The van der Waals surface area contributed by atoms with E-state index in [-0.39, 0.29) is 18.0 Å². The molecule has 0 radical (unpaired) electrons. The van der Waals surface area contributed by atoms with E-state index in [0.717, 1.165) is 19.4 Å². The second-order valence-electron chi connectivity index (χ2n) is 4.89. The van der Waals surface area contributed by atoms with E-state index < -0.39 is 0 Å². The summed E-state index contributed by atoms with van der Waals surface area (Å²) in [4.78, 5) is 11.8. The summed E-state index contributed by atoms with van der Waals surface area (Å²) in [5.74, 6) is 0.499. The largest absolute Gasteiger partial charge is 0.384 e. The molecule has 4 nitrogen and oxygen atoms in total. The maximum absolute atomic E-state index is 11.8. The summed E-state index contributed by atoms with van der Waals surface area (Å²) in [6, 6.07) is 0.113. The zero-order valence-electron chi connectivity index (χ0n) is 11.9. The molecule has 0 aliphatic carbocycles. The molecule has 102 valence electrons. The van der Waals surface area contributed by atoms with Gasteiger partial charge < -0.3 is 15.4 Å². The van der Waals surface area contributed by atoms with Crippen molar-refractivity contribution in [2.24, 2.45) is 5.92 Å². The summed E-state index contributed by atoms with van der Waals surface area (Å²) in [5.41, 5.74) is 0. The first-order valence-corrected chi connectivity index (χ1v) is 6.53. The third kappa shape index (κ3) is 8.16. The molecule has 3 atom stereocenters. The Kier molecular flexibility index (Phi) is 9.09. The highest BCUT2D eigenvalue weighted by Crippen LogP contribution is 1.97. The molecule has 0 aliphatic rings. The van der Waals surface area contributed by atoms with E-state index >= 15 is 0 Å². The standard InChI is InChI=1S/C13H28N2O2/c1-6-7-11(3)15-13(16)12(4)14-8-10(2)9-17-5/h10-12,14H,6-9H2,1-5H3,(H,15,16). The highest BCUT2D eigenvalue weighted by atomic mass is 16.5. The Morgan fingerprint density at radius 2 is 1.94 bits per heavy atom. The summed E-state index contributed by atoms with van der Waals surface area (Å²) in [6.07, 6.45) is 2.12. The molecule has 3 unspecified atom stereocenters. The lowest BCUT2D eigenvalue weighted by Gasteiger charge is -2.19. The lowest BCUT2D eigenvalue weighted by molar-refractivity contribution is -0.123. The average Bonchev–Trinajstić information content (AvgIpc) is 2.26. The molecule has 0 saturated carbocycles. The second-order valence-corrected chi connectivity index (χ2v) is 4.89. The first-order valence-electron chi connectivity index (χ1n) is 6.53. The lowest BCUT2D eigenvalue weighted by atomic mass is 10.1. The first kappa shape index (κ1) is 16.4. The van der Waals surface area contributed by atoms with Crippen molar-refractivity contribution in [3.63, 3.8) is 0 Å². The van der Waals surface area contributed by atoms with Crippen LogP contribution in [0, 0.1) is 5.92 Å². The highest BCUT2D eigenvalue weighted by Gasteiger charge is 2.15. The normalized spacial score (nSPS) is 16.3. The number of rotatable bonds is 9. The van der Waals surface area contributed by atoms with E-state index in [9.17, 15) is 4.79 Å². The van der Waals surface area contributed by atoms with Gasteiger partial charge in [-0.3, -0.25) is 4.79 Å². The topological polar surface area (TPSA) is 50.4 Å². The van der Waals surface area contributed by atoms with E-state index in [2.05, 4.69) is 24.5 Å². The second kappa shape index (κ2) is 9.42. The predicted molar refractivity (Wildman–Crippen MR) is 71.0 cm³/mol. The van der Waals surface area contributed by atoms with Gasteiger partial charge in [-0.1, -0.05) is 20.3 Å². The Bertz CT molecular complexity index is 210. The number of nitrogens with one attached hydrogen (secondary N) is 2. The molecule has 17 heavy (non-hydrogen) atoms. The molecule has 0 saturated heterocycles. The van der Waals surface area contributed by atoms with E-state index in [1.807, 2.05) is 13.8 Å². The van der Waals surface area contributed by atoms with Gasteiger partial charge in [0.2, 0.25) is 5.91 Å². The first-order chi connectivity index (χ1) is 8.01. The van der Waals surface area contributed by atoms with Crippen LogP contribution in [0.2, 0.25) is 0 Å². The Morgan fingerprint density at radius 1 is 1.29 bits per heavy atom. The molecule has 0 aliphatic heterocycles. The molecule has 1 amide bonds. The van der Waals surface area contributed by atoms with Crippen LogP contribution >= 0.6 is 0 Å². The van der Waals surface area contributed by atoms with Crippen molar-refractivity contribution < 1.29 is 9.53 Å². The van der Waals surface area contributed by atoms with Gasteiger partial charge in [0.05, 0.1) is 6.04 Å². The van der Waals surface area contributed by atoms with Gasteiger partial charge in [-0.25, -0.2) is 0 Å². The Morgan fingerprint density at radius 3 is 2.47 bits per heavy atom. The third-order valence-corrected chi connectivity index (χ3v) is 2.73. The molecular formula is C13H28N2O2. The number of amides is 1. The third-order valence-electron chi connectivity index (χ3n) is 2.73. The van der Waals surface area contributed by atoms with E-state index in [4.69, 9.17) is 4.74 Å². The van der Waals surface area contributed by atoms with E-state index in [1.54, 1.807) is 7.11 Å². The maximum atomic E-state index is 11.8. The van der Waals surface area contributed by atoms with Crippen LogP contribution in [0.25, 0.3) is 0 Å². The minimum Gasteiger partial charge on any atom is -0.384 e. The highest BCUT2D eigenvalue weighted by molar-refractivity contribution is 5.81. The zero-order valence-corrected chi connectivity index (χ0v) is 11.9. The Hall–Kier alpha value is -0.610. The lowest BCUT2D eigenvalue weighted by Crippen LogP contribution is -2.46. The number of hydrogen-bond donors (Lipinski definition) is 2. The number of methoxy groups -OCH3 is 1. The van der Waals surface area contributed by atoms with Gasteiger partial charge in [-0.15, -0.1) is 0 Å². The van der Waals surface area contributed by atoms with Gasteiger partial charge in [0.15, 0.2) is 0 Å². The van der Waals surface area contributed by atoms with Crippen LogP contribution in [0.5, 0.6) is 0 Å². The number of carbonyl (C=O) groups excluding carboxylic acids is 1. The molecule has 0 heterocycles. The van der Waals surface area contributed by atoms with Crippen LogP contribution in [0.3, 0.4) is 0 Å². The number of ether oxygens (including phenoxy) is 1. The predicted octanol–water partition coefficient (Wildman–Crippen LogP) is 1.55. The van der Waals surface area contributed by atoms with Crippen LogP contribution in [-0.4, -0.2) is 38.3 Å². The molecule has 0 spiro atoms. The minimum atomic E-state index is -0.145. The van der Waals surface area contributed by atoms with Crippen molar-refractivity contribution in [2.45, 2.75) is 52.6 Å². The minimum absolute atomic E-state index is 0.0792. The summed E-state index contributed by atoms with van der Waals surface area (Å²) in [5, 5.41) is 6.23. The molecule has 0 fully saturated rings. The number of carbonyl (C=O) groups is 1. The molecule has 0 aromatic carbocycles. The quantitative estimate of drug-likeness (QED) is 0.647. The summed E-state index contributed by atoms with van der Waals surface area (Å²) in [7, 11) is 1.69. The van der Waals surface area contributed by atoms with Crippen LogP contribution in [0.15, 0.2) is 0 Å². The number of hydrogen-bond acceptors (Lipinski definition) is 3. The van der Waals surface area contributed by atoms with Crippen molar-refractivity contribution in [1.29, 1.82) is 0 Å². The van der Waals surface area contributed by atoms with Crippen molar-refractivity contribution in [2.75, 3.05) is 20.3 Å². The van der Waals surface area contributed by atoms with Crippen molar-refractivity contribution in [3.05, 3.63) is 0 Å². The van der Waals surface area contributed by atoms with Gasteiger partial charge in [0.25, 0.3) is 0 Å². The van der Waals surface area contributed by atoms with Gasteiger partial charge in [0.1, 0.15) is 0 Å². The van der Waals surface area contributed by atoms with Crippen LogP contribution in [0.1, 0.15) is 40.5 Å². The average molecular weight is 244 g/mol. The van der Waals surface area contributed by atoms with E-state index in [0.29, 0.717) is 12.5 Å². The smallest absolute Gasteiger partial charge is 0.237 e. The fourth-order valence-corrected chi connectivity index (χ4v) is 1.69. The van der Waals surface area contributed by atoms with Crippen LogP contribution in [0.4, 0.5) is 0 Å². The van der Waals surface area contributed by atoms with Gasteiger partial charge >= 0.3 is 0 Å².